The molecule has 0 saturated heterocycles. The van der Waals surface area contributed by atoms with Gasteiger partial charge < -0.3 is 0 Å². The molecule has 2 aliphatic rings. The number of urea groups is 1. The van der Waals surface area contributed by atoms with Gasteiger partial charge in [-0.3, -0.25) is 0 Å². The van der Waals surface area contributed by atoms with Crippen molar-refractivity contribution in [1.82, 2.24) is 10.6 Å². The first-order chi connectivity index (χ1) is 16.0. The Morgan fingerprint density at radius 1 is 1.03 bits per heavy atom. The molecule has 0 spiro atoms. The van der Waals surface area contributed by atoms with Crippen LogP contribution in [0.25, 0.3) is 0 Å². The first kappa shape index (κ1) is 23.1. The van der Waals surface area contributed by atoms with E-state index in [9.17, 15) is 9.59 Å². The summed E-state index contributed by atoms with van der Waals surface area (Å²) in [5.74, 6) is -0.337. The van der Waals surface area contributed by atoms with Gasteiger partial charge in [0.05, 0.1) is 0 Å². The number of imide groups is 1. The van der Waals surface area contributed by atoms with Crippen molar-refractivity contribution < 1.29 is 24.9 Å². The third kappa shape index (κ3) is 5.64. The normalized spacial score (nSPS) is 21.9. The quantitative estimate of drug-likeness (QED) is 0.673. The number of rotatable bonds is 3. The molecule has 0 saturated carbocycles. The Balaban J connectivity index is 1.67. The standard InChI is InChI=1S/C27H27N3O2.Co/c1-19-16-17-20-10-8-9-15-23(20)25(21-11-4-2-5-12-21)28-24(18-19)29-27(32)30-26(31)22-13-6-3-7-14-22;/h2-4,6-11,13-15,19,24H,5,12,16-17H2,1H3,(H2,29,30,31,32);/b28-25-;. The Morgan fingerprint density at radius 3 is 2.55 bits per heavy atom. The Labute approximate surface area is 202 Å². The first-order valence-corrected chi connectivity index (χ1v) is 11.7. The van der Waals surface area contributed by atoms with E-state index in [-0.39, 0.29) is 5.92 Å². The van der Waals surface area contributed by atoms with Crippen molar-refractivity contribution in [2.45, 2.75) is 38.8 Å². The van der Waals surface area contributed by atoms with Gasteiger partial charge in [0.25, 0.3) is 0 Å². The van der Waals surface area contributed by atoms with E-state index in [1.165, 1.54) is 5.56 Å². The number of nitrogens with one attached hydrogen (secondary N) is 2. The van der Waals surface area contributed by atoms with Crippen molar-refractivity contribution in [1.29, 1.82) is 0 Å². The summed E-state index contributed by atoms with van der Waals surface area (Å²) in [5, 5.41) is 5.29. The molecule has 2 aromatic rings. The van der Waals surface area contributed by atoms with Crippen molar-refractivity contribution in [3.8, 4) is 0 Å². The average molecular weight is 484 g/mol. The van der Waals surface area contributed by atoms with Crippen molar-refractivity contribution >= 4 is 22.1 Å². The summed E-state index contributed by atoms with van der Waals surface area (Å²) in [6.45, 7) is 2.09. The minimum absolute atomic E-state index is 0.122. The number of allylic oxidation sites excluding steroid dienone is 4. The fourth-order valence-electron chi connectivity index (χ4n) is 4.08. The summed E-state index contributed by atoms with van der Waals surface area (Å²) in [7, 11) is 0. The Morgan fingerprint density at radius 2 is 1.79 bits per heavy atom. The molecule has 0 aromatic heterocycles. The molecule has 2 atom stereocenters. The van der Waals surface area contributed by atoms with Crippen LogP contribution in [0.3, 0.4) is 0 Å². The van der Waals surface area contributed by atoms with Crippen LogP contribution in [0.15, 0.2) is 83.4 Å². The molecule has 4 rings (SSSR count). The number of aryl methyl sites for hydroxylation is 1. The number of nitrogens with zero attached hydrogens (tertiary/aromatic N) is 1. The van der Waals surface area contributed by atoms with Gasteiger partial charge in [0, 0.05) is 0 Å². The second-order valence-electron chi connectivity index (χ2n) is 8.29. The van der Waals surface area contributed by atoms with Gasteiger partial charge in [0.15, 0.2) is 0 Å². The predicted molar refractivity (Wildman–Crippen MR) is 128 cm³/mol. The second kappa shape index (κ2) is 10.7. The van der Waals surface area contributed by atoms with Gasteiger partial charge in [-0.1, -0.05) is 0 Å². The van der Waals surface area contributed by atoms with Crippen molar-refractivity contribution in [3.63, 3.8) is 0 Å². The molecule has 0 radical (unpaired) electrons. The number of carbonyl (C=O) groups excluding carboxylic acids is 2. The monoisotopic (exact) mass is 484 g/mol. The van der Waals surface area contributed by atoms with Crippen LogP contribution >= 0.6 is 0 Å². The molecule has 5 nitrogen and oxygen atoms in total. The third-order valence-electron chi connectivity index (χ3n) is 5.92. The molecule has 1 aliphatic heterocycles. The number of fused-ring (bicyclic) bond motifs is 1. The number of hydrogen-bond acceptors (Lipinski definition) is 3. The SMILES string of the molecule is CC1CCc2ccccc2/C(C2=CC=CCC2)=N\C(NC(=O)NC(=O)c2ccccc2)[C]1=[Co]. The van der Waals surface area contributed by atoms with Crippen LogP contribution in [0.4, 0.5) is 4.79 Å². The van der Waals surface area contributed by atoms with Crippen LogP contribution < -0.4 is 10.6 Å². The van der Waals surface area contributed by atoms with E-state index in [0.717, 1.165) is 47.0 Å². The maximum atomic E-state index is 12.8. The zero-order valence-electron chi connectivity index (χ0n) is 18.5. The molecule has 33 heavy (non-hydrogen) atoms. The molecule has 1 aliphatic carbocycles. The zero-order chi connectivity index (χ0) is 23.2. The van der Waals surface area contributed by atoms with Gasteiger partial charge >= 0.3 is 202 Å². The molecular formula is C27H27CoN3O2. The van der Waals surface area contributed by atoms with Crippen molar-refractivity contribution in [2.24, 2.45) is 10.9 Å². The van der Waals surface area contributed by atoms with Crippen LogP contribution in [0.1, 0.15) is 47.7 Å². The van der Waals surface area contributed by atoms with Crippen molar-refractivity contribution in [2.75, 3.05) is 0 Å². The van der Waals surface area contributed by atoms with Crippen LogP contribution in [0, 0.1) is 5.92 Å². The van der Waals surface area contributed by atoms with E-state index in [1.54, 1.807) is 24.3 Å². The summed E-state index contributed by atoms with van der Waals surface area (Å²) in [6.07, 6.45) is 9.23. The molecular weight excluding hydrogens is 457 g/mol. The topological polar surface area (TPSA) is 70.6 Å². The molecule has 2 aromatic carbocycles. The second-order valence-corrected chi connectivity index (χ2v) is 8.89. The van der Waals surface area contributed by atoms with E-state index in [0.29, 0.717) is 5.56 Å². The van der Waals surface area contributed by atoms with Crippen LogP contribution in [0.5, 0.6) is 0 Å². The van der Waals surface area contributed by atoms with Crippen molar-refractivity contribution in [3.05, 3.63) is 95.1 Å². The van der Waals surface area contributed by atoms with E-state index >= 15 is 0 Å². The minimum atomic E-state index is -0.670. The van der Waals surface area contributed by atoms with Gasteiger partial charge in [0.1, 0.15) is 0 Å². The molecule has 0 bridgehead atoms. The van der Waals surface area contributed by atoms with Crippen LogP contribution in [0.2, 0.25) is 0 Å². The van der Waals surface area contributed by atoms with E-state index in [4.69, 9.17) is 20.3 Å². The average Bonchev–Trinajstić information content (AvgIpc) is 2.90. The number of carbonyl (C=O) groups is 2. The number of hydrogen-bond donors (Lipinski definition) is 2. The van der Waals surface area contributed by atoms with Crippen LogP contribution in [-0.4, -0.2) is 28.3 Å². The Kier molecular flexibility index (Phi) is 7.47. The summed E-state index contributed by atoms with van der Waals surface area (Å²) in [5.41, 5.74) is 4.74. The zero-order valence-corrected chi connectivity index (χ0v) is 19.5. The van der Waals surface area contributed by atoms with Gasteiger partial charge in [-0.25, -0.2) is 0 Å². The number of amides is 3. The fraction of sp³-hybridized carbons (Fsp3) is 0.259. The van der Waals surface area contributed by atoms with E-state index in [2.05, 4.69) is 54.0 Å². The molecule has 2 N–H and O–H groups in total. The summed E-state index contributed by atoms with van der Waals surface area (Å²) < 4.78 is 0.766. The molecule has 171 valence electrons. The molecule has 0 fully saturated rings. The van der Waals surface area contributed by atoms with Crippen LogP contribution in [-0.2, 0) is 21.7 Å². The Bertz CT molecular complexity index is 1150. The van der Waals surface area contributed by atoms with E-state index < -0.39 is 18.1 Å². The predicted octanol–water partition coefficient (Wildman–Crippen LogP) is 4.52. The number of benzene rings is 2. The fourth-order valence-corrected chi connectivity index (χ4v) is 4.37. The van der Waals surface area contributed by atoms with Gasteiger partial charge in [-0.05, 0) is 0 Å². The van der Waals surface area contributed by atoms with E-state index in [1.807, 2.05) is 12.1 Å². The third-order valence-corrected chi connectivity index (χ3v) is 6.72. The molecule has 6 heteroatoms. The number of aliphatic imine (C=N–C) groups is 1. The molecule has 2 unspecified atom stereocenters. The first-order valence-electron chi connectivity index (χ1n) is 11.2. The molecule has 3 amide bonds. The van der Waals surface area contributed by atoms with Gasteiger partial charge in [-0.15, -0.1) is 0 Å². The molecule has 1 heterocycles. The maximum absolute atomic E-state index is 12.8. The summed E-state index contributed by atoms with van der Waals surface area (Å²) >= 11 is 4.85. The Hall–Kier alpha value is -3.09. The summed E-state index contributed by atoms with van der Waals surface area (Å²) in [4.78, 5) is 30.2. The van der Waals surface area contributed by atoms with Gasteiger partial charge in [-0.2, -0.15) is 0 Å². The van der Waals surface area contributed by atoms with Gasteiger partial charge in [0.2, 0.25) is 0 Å². The summed E-state index contributed by atoms with van der Waals surface area (Å²) in [6, 6.07) is 16.4.